The molecular weight excluding hydrogens is 202 g/mol. The summed E-state index contributed by atoms with van der Waals surface area (Å²) in [6, 6.07) is 0.562. The maximum atomic E-state index is 5.20. The average Bonchev–Trinajstić information content (AvgIpc) is 2.33. The third-order valence-electron chi connectivity index (χ3n) is 3.19. The van der Waals surface area contributed by atoms with Crippen molar-refractivity contribution in [1.29, 1.82) is 0 Å². The fourth-order valence-corrected chi connectivity index (χ4v) is 2.21. The Labute approximate surface area is 96.4 Å². The number of ether oxygens (including phenoxy) is 1. The Hall–Kier alpha value is -1.16. The van der Waals surface area contributed by atoms with Crippen molar-refractivity contribution in [2.75, 3.05) is 13.7 Å². The fraction of sp³-hybridized carbons (Fsp3) is 0.667. The topological polar surface area (TPSA) is 47.0 Å². The highest BCUT2D eigenvalue weighted by atomic mass is 16.5. The van der Waals surface area contributed by atoms with Crippen LogP contribution in [0.15, 0.2) is 6.33 Å². The minimum absolute atomic E-state index is 0.562. The van der Waals surface area contributed by atoms with Crippen LogP contribution in [0.5, 0.6) is 5.88 Å². The van der Waals surface area contributed by atoms with Crippen molar-refractivity contribution in [3.8, 4) is 5.88 Å². The summed E-state index contributed by atoms with van der Waals surface area (Å²) in [5.74, 6) is 0.695. The van der Waals surface area contributed by atoms with Crippen molar-refractivity contribution in [3.05, 3.63) is 17.6 Å². The van der Waals surface area contributed by atoms with Gasteiger partial charge in [-0.25, -0.2) is 9.97 Å². The number of piperidine rings is 1. The van der Waals surface area contributed by atoms with Gasteiger partial charge in [0.15, 0.2) is 0 Å². The molecule has 1 unspecified atom stereocenters. The van der Waals surface area contributed by atoms with Crippen molar-refractivity contribution in [2.45, 2.75) is 38.6 Å². The van der Waals surface area contributed by atoms with E-state index < -0.39 is 0 Å². The predicted molar refractivity (Wildman–Crippen MR) is 62.7 cm³/mol. The standard InChI is InChI=1S/C12H19N3O/c1-9-11(14-8-15-12(9)16-2)7-10-5-3-4-6-13-10/h8,10,13H,3-7H2,1-2H3. The summed E-state index contributed by atoms with van der Waals surface area (Å²) in [5.41, 5.74) is 2.17. The van der Waals surface area contributed by atoms with Gasteiger partial charge in [-0.05, 0) is 26.3 Å². The second-order valence-electron chi connectivity index (χ2n) is 4.31. The van der Waals surface area contributed by atoms with Gasteiger partial charge in [-0.1, -0.05) is 6.42 Å². The molecule has 0 amide bonds. The first-order chi connectivity index (χ1) is 7.81. The first-order valence-electron chi connectivity index (χ1n) is 5.89. The summed E-state index contributed by atoms with van der Waals surface area (Å²) in [4.78, 5) is 8.45. The van der Waals surface area contributed by atoms with Gasteiger partial charge < -0.3 is 10.1 Å². The zero-order chi connectivity index (χ0) is 11.4. The van der Waals surface area contributed by atoms with Crippen LogP contribution in [-0.2, 0) is 6.42 Å². The molecule has 4 nitrogen and oxygen atoms in total. The Balaban J connectivity index is 2.08. The Kier molecular flexibility index (Phi) is 3.72. The van der Waals surface area contributed by atoms with E-state index in [4.69, 9.17) is 4.74 Å². The molecule has 2 heterocycles. The van der Waals surface area contributed by atoms with Crippen molar-refractivity contribution in [2.24, 2.45) is 0 Å². The molecule has 1 aromatic rings. The van der Waals surface area contributed by atoms with Crippen molar-refractivity contribution in [3.63, 3.8) is 0 Å². The van der Waals surface area contributed by atoms with Gasteiger partial charge in [0.25, 0.3) is 0 Å². The molecule has 1 fully saturated rings. The van der Waals surface area contributed by atoms with Gasteiger partial charge in [0.1, 0.15) is 6.33 Å². The highest BCUT2D eigenvalue weighted by molar-refractivity contribution is 5.28. The maximum absolute atomic E-state index is 5.20. The minimum Gasteiger partial charge on any atom is -0.481 e. The molecule has 1 aromatic heterocycles. The molecule has 2 rings (SSSR count). The van der Waals surface area contributed by atoms with E-state index in [1.165, 1.54) is 19.3 Å². The highest BCUT2D eigenvalue weighted by Gasteiger charge is 2.16. The fourth-order valence-electron chi connectivity index (χ4n) is 2.21. The van der Waals surface area contributed by atoms with E-state index in [-0.39, 0.29) is 0 Å². The van der Waals surface area contributed by atoms with Crippen LogP contribution in [0.4, 0.5) is 0 Å². The van der Waals surface area contributed by atoms with Crippen LogP contribution < -0.4 is 10.1 Å². The van der Waals surface area contributed by atoms with Gasteiger partial charge >= 0.3 is 0 Å². The lowest BCUT2D eigenvalue weighted by Gasteiger charge is -2.23. The van der Waals surface area contributed by atoms with Gasteiger partial charge in [0.05, 0.1) is 12.8 Å². The molecule has 1 saturated heterocycles. The van der Waals surface area contributed by atoms with E-state index in [9.17, 15) is 0 Å². The molecule has 1 aliphatic rings. The van der Waals surface area contributed by atoms with Crippen LogP contribution in [0, 0.1) is 6.92 Å². The largest absolute Gasteiger partial charge is 0.481 e. The van der Waals surface area contributed by atoms with Crippen LogP contribution in [0.1, 0.15) is 30.5 Å². The van der Waals surface area contributed by atoms with E-state index in [0.29, 0.717) is 11.9 Å². The number of aromatic nitrogens is 2. The molecule has 0 saturated carbocycles. The molecule has 0 aromatic carbocycles. The predicted octanol–water partition coefficient (Wildman–Crippen LogP) is 1.48. The Morgan fingerprint density at radius 1 is 1.44 bits per heavy atom. The van der Waals surface area contributed by atoms with Crippen LogP contribution in [0.2, 0.25) is 0 Å². The van der Waals surface area contributed by atoms with Crippen molar-refractivity contribution in [1.82, 2.24) is 15.3 Å². The molecule has 0 bridgehead atoms. The van der Waals surface area contributed by atoms with Crippen LogP contribution in [0.25, 0.3) is 0 Å². The van der Waals surface area contributed by atoms with Crippen molar-refractivity contribution >= 4 is 0 Å². The van der Waals surface area contributed by atoms with Gasteiger partial charge in [0.2, 0.25) is 5.88 Å². The lowest BCUT2D eigenvalue weighted by atomic mass is 9.99. The normalized spacial score (nSPS) is 20.8. The van der Waals surface area contributed by atoms with Gasteiger partial charge in [-0.2, -0.15) is 0 Å². The Morgan fingerprint density at radius 2 is 2.31 bits per heavy atom. The number of nitrogens with one attached hydrogen (secondary N) is 1. The molecule has 88 valence electrons. The van der Waals surface area contributed by atoms with E-state index in [1.54, 1.807) is 13.4 Å². The Morgan fingerprint density at radius 3 is 3.00 bits per heavy atom. The first-order valence-corrected chi connectivity index (χ1v) is 5.89. The van der Waals surface area contributed by atoms with E-state index >= 15 is 0 Å². The summed E-state index contributed by atoms with van der Waals surface area (Å²) in [6.45, 7) is 3.16. The number of hydrogen-bond donors (Lipinski definition) is 1. The second-order valence-corrected chi connectivity index (χ2v) is 4.31. The molecule has 16 heavy (non-hydrogen) atoms. The summed E-state index contributed by atoms with van der Waals surface area (Å²) in [5, 5.41) is 3.53. The number of methoxy groups -OCH3 is 1. The van der Waals surface area contributed by atoms with Gasteiger partial charge in [0, 0.05) is 18.0 Å². The maximum Gasteiger partial charge on any atom is 0.219 e. The molecule has 4 heteroatoms. The van der Waals surface area contributed by atoms with Gasteiger partial charge in [-0.15, -0.1) is 0 Å². The van der Waals surface area contributed by atoms with Gasteiger partial charge in [-0.3, -0.25) is 0 Å². The summed E-state index contributed by atoms with van der Waals surface area (Å²) < 4.78 is 5.20. The molecular formula is C12H19N3O. The zero-order valence-electron chi connectivity index (χ0n) is 9.99. The molecule has 0 spiro atoms. The molecule has 1 N–H and O–H groups in total. The molecule has 1 atom stereocenters. The van der Waals surface area contributed by atoms with Crippen LogP contribution in [0.3, 0.4) is 0 Å². The third kappa shape index (κ3) is 2.50. The summed E-state index contributed by atoms with van der Waals surface area (Å²) in [6.07, 6.45) is 6.42. The lowest BCUT2D eigenvalue weighted by molar-refractivity contribution is 0.383. The smallest absolute Gasteiger partial charge is 0.219 e. The van der Waals surface area contributed by atoms with Crippen LogP contribution >= 0.6 is 0 Å². The van der Waals surface area contributed by atoms with Crippen molar-refractivity contribution < 1.29 is 4.74 Å². The molecule has 1 aliphatic heterocycles. The zero-order valence-corrected chi connectivity index (χ0v) is 9.99. The quantitative estimate of drug-likeness (QED) is 0.839. The first kappa shape index (κ1) is 11.3. The average molecular weight is 221 g/mol. The highest BCUT2D eigenvalue weighted by Crippen LogP contribution is 2.19. The van der Waals surface area contributed by atoms with Crippen LogP contribution in [-0.4, -0.2) is 29.7 Å². The molecule has 0 radical (unpaired) electrons. The molecule has 0 aliphatic carbocycles. The minimum atomic E-state index is 0.562. The van der Waals surface area contributed by atoms with E-state index in [1.807, 2.05) is 6.92 Å². The van der Waals surface area contributed by atoms with E-state index in [0.717, 1.165) is 24.2 Å². The number of nitrogens with zero attached hydrogens (tertiary/aromatic N) is 2. The SMILES string of the molecule is COc1ncnc(CC2CCCCN2)c1C. The lowest BCUT2D eigenvalue weighted by Crippen LogP contribution is -2.36. The summed E-state index contributed by atoms with van der Waals surface area (Å²) in [7, 11) is 1.65. The third-order valence-corrected chi connectivity index (χ3v) is 3.19. The monoisotopic (exact) mass is 221 g/mol. The second kappa shape index (κ2) is 5.25. The number of hydrogen-bond acceptors (Lipinski definition) is 4. The van der Waals surface area contributed by atoms with E-state index in [2.05, 4.69) is 15.3 Å². The summed E-state index contributed by atoms with van der Waals surface area (Å²) >= 11 is 0. The number of rotatable bonds is 3. The Bertz CT molecular complexity index is 348.